The summed E-state index contributed by atoms with van der Waals surface area (Å²) in [5.41, 5.74) is 7.85. The molecule has 16 heavy (non-hydrogen) atoms. The first-order valence-corrected chi connectivity index (χ1v) is 5.17. The molecule has 2 aromatic rings. The predicted octanol–water partition coefficient (Wildman–Crippen LogP) is 1.61. The zero-order valence-corrected chi connectivity index (χ0v) is 9.10. The molecule has 0 bridgehead atoms. The Morgan fingerprint density at radius 1 is 1.50 bits per heavy atom. The zero-order chi connectivity index (χ0) is 11.7. The lowest BCUT2D eigenvalue weighted by Gasteiger charge is -2.06. The quantitative estimate of drug-likeness (QED) is 0.822. The van der Waals surface area contributed by atoms with E-state index in [1.807, 2.05) is 23.6 Å². The van der Waals surface area contributed by atoms with Gasteiger partial charge in [0, 0.05) is 29.7 Å². The smallest absolute Gasteiger partial charge is 0.336 e. The van der Waals surface area contributed by atoms with Crippen molar-refractivity contribution >= 4 is 16.9 Å². The maximum atomic E-state index is 11.1. The number of aromatic nitrogens is 1. The Hall–Kier alpha value is -1.81. The van der Waals surface area contributed by atoms with Crippen molar-refractivity contribution in [3.05, 3.63) is 35.5 Å². The molecule has 0 amide bonds. The van der Waals surface area contributed by atoms with Crippen molar-refractivity contribution in [1.29, 1.82) is 0 Å². The molecule has 2 rings (SSSR count). The van der Waals surface area contributed by atoms with Crippen molar-refractivity contribution in [3.63, 3.8) is 0 Å². The van der Waals surface area contributed by atoms with E-state index in [0.717, 1.165) is 16.6 Å². The second-order valence-corrected chi connectivity index (χ2v) is 3.77. The third-order valence-electron chi connectivity index (χ3n) is 2.74. The fraction of sp³-hybridized carbons (Fsp3) is 0.250. The van der Waals surface area contributed by atoms with Gasteiger partial charge >= 0.3 is 5.97 Å². The van der Waals surface area contributed by atoms with Gasteiger partial charge < -0.3 is 15.4 Å². The third-order valence-corrected chi connectivity index (χ3v) is 2.74. The summed E-state index contributed by atoms with van der Waals surface area (Å²) >= 11 is 0. The van der Waals surface area contributed by atoms with Crippen LogP contribution in [0.1, 0.15) is 16.1 Å². The van der Waals surface area contributed by atoms with Gasteiger partial charge in [0.25, 0.3) is 0 Å². The molecule has 0 aliphatic rings. The summed E-state index contributed by atoms with van der Waals surface area (Å²) in [7, 11) is 0. The highest BCUT2D eigenvalue weighted by atomic mass is 16.4. The van der Waals surface area contributed by atoms with Crippen LogP contribution in [0.5, 0.6) is 0 Å². The van der Waals surface area contributed by atoms with Crippen molar-refractivity contribution in [3.8, 4) is 0 Å². The van der Waals surface area contributed by atoms with Crippen molar-refractivity contribution in [2.24, 2.45) is 5.73 Å². The van der Waals surface area contributed by atoms with Gasteiger partial charge in [0.05, 0.1) is 5.56 Å². The van der Waals surface area contributed by atoms with E-state index < -0.39 is 5.97 Å². The molecule has 3 N–H and O–H groups in total. The number of aryl methyl sites for hydroxylation is 1. The number of rotatable bonds is 3. The van der Waals surface area contributed by atoms with Crippen LogP contribution in [-0.4, -0.2) is 22.2 Å². The summed E-state index contributed by atoms with van der Waals surface area (Å²) in [6.45, 7) is 3.21. The molecule has 0 saturated heterocycles. The van der Waals surface area contributed by atoms with Crippen molar-refractivity contribution in [2.75, 3.05) is 6.54 Å². The number of fused-ring (bicyclic) bond motifs is 1. The predicted molar refractivity (Wildman–Crippen MR) is 62.7 cm³/mol. The van der Waals surface area contributed by atoms with E-state index in [9.17, 15) is 4.79 Å². The summed E-state index contributed by atoms with van der Waals surface area (Å²) in [6, 6.07) is 7.20. The summed E-state index contributed by atoms with van der Waals surface area (Å²) in [5.74, 6) is -0.893. The Labute approximate surface area is 93.3 Å². The summed E-state index contributed by atoms with van der Waals surface area (Å²) in [5, 5.41) is 9.86. The van der Waals surface area contributed by atoms with Crippen molar-refractivity contribution in [2.45, 2.75) is 13.5 Å². The van der Waals surface area contributed by atoms with E-state index >= 15 is 0 Å². The number of hydrogen-bond donors (Lipinski definition) is 2. The first kappa shape index (κ1) is 10.7. The second-order valence-electron chi connectivity index (χ2n) is 3.77. The Morgan fingerprint density at radius 2 is 2.25 bits per heavy atom. The molecule has 1 aromatic heterocycles. The van der Waals surface area contributed by atoms with Crippen LogP contribution >= 0.6 is 0 Å². The minimum absolute atomic E-state index is 0.344. The number of nitrogens with two attached hydrogens (primary N) is 1. The largest absolute Gasteiger partial charge is 0.478 e. The number of benzene rings is 1. The lowest BCUT2D eigenvalue weighted by atomic mass is 10.1. The van der Waals surface area contributed by atoms with Crippen LogP contribution in [-0.2, 0) is 6.54 Å². The number of carboxylic acid groups (broad SMARTS) is 1. The number of hydrogen-bond acceptors (Lipinski definition) is 2. The highest BCUT2D eigenvalue weighted by Crippen LogP contribution is 2.23. The van der Waals surface area contributed by atoms with Crippen LogP contribution in [0, 0.1) is 6.92 Å². The van der Waals surface area contributed by atoms with Crippen LogP contribution in [0.25, 0.3) is 10.9 Å². The summed E-state index contributed by atoms with van der Waals surface area (Å²) in [6.07, 6.45) is 0. The van der Waals surface area contributed by atoms with Crippen molar-refractivity contribution in [1.82, 2.24) is 4.57 Å². The average Bonchev–Trinajstić information content (AvgIpc) is 2.56. The SMILES string of the molecule is Cc1cc2c(C(=O)O)cccc2n1CCN. The van der Waals surface area contributed by atoms with Gasteiger partial charge in [0.1, 0.15) is 0 Å². The van der Waals surface area contributed by atoms with Gasteiger partial charge in [0.2, 0.25) is 0 Å². The van der Waals surface area contributed by atoms with E-state index in [-0.39, 0.29) is 0 Å². The lowest BCUT2D eigenvalue weighted by molar-refractivity contribution is 0.0699. The topological polar surface area (TPSA) is 68.2 Å². The van der Waals surface area contributed by atoms with E-state index in [2.05, 4.69) is 0 Å². The highest BCUT2D eigenvalue weighted by Gasteiger charge is 2.12. The molecule has 0 aliphatic heterocycles. The Kier molecular flexibility index (Phi) is 2.66. The number of nitrogens with zero attached hydrogens (tertiary/aromatic N) is 1. The monoisotopic (exact) mass is 218 g/mol. The normalized spacial score (nSPS) is 10.9. The molecule has 0 fully saturated rings. The molecule has 4 heteroatoms. The van der Waals surface area contributed by atoms with Crippen molar-refractivity contribution < 1.29 is 9.90 Å². The van der Waals surface area contributed by atoms with Gasteiger partial charge in [-0.05, 0) is 25.1 Å². The average molecular weight is 218 g/mol. The van der Waals surface area contributed by atoms with Gasteiger partial charge in [0.15, 0.2) is 0 Å². The van der Waals surface area contributed by atoms with E-state index in [4.69, 9.17) is 10.8 Å². The molecule has 84 valence electrons. The fourth-order valence-corrected chi connectivity index (χ4v) is 2.03. The Balaban J connectivity index is 2.72. The summed E-state index contributed by atoms with van der Waals surface area (Å²) in [4.78, 5) is 11.1. The molecular formula is C12H14N2O2. The maximum Gasteiger partial charge on any atom is 0.336 e. The van der Waals surface area contributed by atoms with Gasteiger partial charge in [-0.2, -0.15) is 0 Å². The minimum atomic E-state index is -0.893. The molecule has 1 aromatic carbocycles. The first-order chi connectivity index (χ1) is 7.65. The molecule has 0 radical (unpaired) electrons. The molecule has 1 heterocycles. The van der Waals surface area contributed by atoms with Gasteiger partial charge in [-0.3, -0.25) is 0 Å². The molecule has 0 unspecified atom stereocenters. The van der Waals surface area contributed by atoms with Crippen LogP contribution in [0.4, 0.5) is 0 Å². The van der Waals surface area contributed by atoms with Gasteiger partial charge in [-0.15, -0.1) is 0 Å². The van der Waals surface area contributed by atoms with E-state index in [1.54, 1.807) is 12.1 Å². The van der Waals surface area contributed by atoms with E-state index in [1.165, 1.54) is 0 Å². The molecular weight excluding hydrogens is 204 g/mol. The van der Waals surface area contributed by atoms with Crippen LogP contribution in [0.2, 0.25) is 0 Å². The molecule has 0 spiro atoms. The summed E-state index contributed by atoms with van der Waals surface area (Å²) < 4.78 is 2.04. The van der Waals surface area contributed by atoms with Crippen LogP contribution in [0.3, 0.4) is 0 Å². The minimum Gasteiger partial charge on any atom is -0.478 e. The first-order valence-electron chi connectivity index (χ1n) is 5.17. The second kappa shape index (κ2) is 3.98. The number of carbonyl (C=O) groups is 1. The zero-order valence-electron chi connectivity index (χ0n) is 9.10. The number of aromatic carboxylic acids is 1. The Morgan fingerprint density at radius 3 is 2.88 bits per heavy atom. The van der Waals surface area contributed by atoms with Gasteiger partial charge in [-0.25, -0.2) is 4.79 Å². The van der Waals surface area contributed by atoms with Crippen LogP contribution < -0.4 is 5.73 Å². The molecule has 0 saturated carbocycles. The third kappa shape index (κ3) is 1.57. The van der Waals surface area contributed by atoms with Crippen LogP contribution in [0.15, 0.2) is 24.3 Å². The fourth-order valence-electron chi connectivity index (χ4n) is 2.03. The standard InChI is InChI=1S/C12H14N2O2/c1-8-7-10-9(12(15)16)3-2-4-11(10)14(8)6-5-13/h2-4,7H,5-6,13H2,1H3,(H,15,16). The number of carboxylic acids is 1. The molecule has 4 nitrogen and oxygen atoms in total. The van der Waals surface area contributed by atoms with E-state index in [0.29, 0.717) is 18.7 Å². The molecule has 0 atom stereocenters. The molecule has 0 aliphatic carbocycles. The maximum absolute atomic E-state index is 11.1. The Bertz CT molecular complexity index is 543. The lowest BCUT2D eigenvalue weighted by Crippen LogP contribution is -2.10. The highest BCUT2D eigenvalue weighted by molar-refractivity contribution is 6.03. The van der Waals surface area contributed by atoms with Gasteiger partial charge in [-0.1, -0.05) is 6.07 Å².